The van der Waals surface area contributed by atoms with Gasteiger partial charge in [0.2, 0.25) is 5.95 Å². The zero-order valence-corrected chi connectivity index (χ0v) is 13.8. The van der Waals surface area contributed by atoms with Crippen molar-refractivity contribution in [1.82, 2.24) is 15.3 Å². The van der Waals surface area contributed by atoms with E-state index in [-0.39, 0.29) is 11.6 Å². The Morgan fingerprint density at radius 2 is 1.92 bits per heavy atom. The van der Waals surface area contributed by atoms with Crippen LogP contribution in [0.5, 0.6) is 0 Å². The van der Waals surface area contributed by atoms with Gasteiger partial charge in [0.1, 0.15) is 0 Å². The monoisotopic (exact) mass is 340 g/mol. The number of nitrogens with zero attached hydrogens (tertiary/aromatic N) is 3. The number of para-hydroxylation sites is 1. The van der Waals surface area contributed by atoms with Crippen LogP contribution in [-0.4, -0.2) is 35.6 Å². The van der Waals surface area contributed by atoms with Crippen molar-refractivity contribution in [2.75, 3.05) is 24.5 Å². The second kappa shape index (κ2) is 6.37. The van der Waals surface area contributed by atoms with Crippen LogP contribution in [-0.2, 0) is 0 Å². The molecule has 0 radical (unpaired) electrons. The number of rotatable bonds is 2. The summed E-state index contributed by atoms with van der Waals surface area (Å²) in [5.74, 6) is -1.21. The number of benzene rings is 2. The van der Waals surface area contributed by atoms with Crippen molar-refractivity contribution in [1.29, 1.82) is 0 Å². The van der Waals surface area contributed by atoms with Crippen LogP contribution in [0.25, 0.3) is 22.2 Å². The lowest BCUT2D eigenvalue weighted by Gasteiger charge is -2.34. The zero-order valence-electron chi connectivity index (χ0n) is 13.8. The third kappa shape index (κ3) is 2.82. The van der Waals surface area contributed by atoms with Gasteiger partial charge >= 0.3 is 0 Å². The molecule has 1 N–H and O–H groups in total. The third-order valence-corrected chi connectivity index (χ3v) is 4.56. The molecule has 0 aliphatic carbocycles. The fourth-order valence-electron chi connectivity index (χ4n) is 3.22. The predicted molar refractivity (Wildman–Crippen MR) is 94.6 cm³/mol. The summed E-state index contributed by atoms with van der Waals surface area (Å²) < 4.78 is 28.2. The molecule has 1 aliphatic rings. The first-order valence-corrected chi connectivity index (χ1v) is 8.33. The molecule has 2 heterocycles. The highest BCUT2D eigenvalue weighted by Gasteiger charge is 2.23. The largest absolute Gasteiger partial charge is 0.336 e. The van der Waals surface area contributed by atoms with Crippen LogP contribution in [0.4, 0.5) is 14.7 Å². The van der Waals surface area contributed by atoms with E-state index in [0.717, 1.165) is 31.2 Å². The lowest BCUT2D eigenvalue weighted by Crippen LogP contribution is -2.50. The van der Waals surface area contributed by atoms with E-state index in [4.69, 9.17) is 0 Å². The van der Waals surface area contributed by atoms with Crippen LogP contribution >= 0.6 is 0 Å². The average molecular weight is 340 g/mol. The number of nitrogens with one attached hydrogen (secondary N) is 1. The Morgan fingerprint density at radius 1 is 1.08 bits per heavy atom. The highest BCUT2D eigenvalue weighted by molar-refractivity contribution is 5.93. The third-order valence-electron chi connectivity index (χ3n) is 4.56. The van der Waals surface area contributed by atoms with Crippen LogP contribution in [0, 0.1) is 11.6 Å². The molecule has 3 aromatic rings. The van der Waals surface area contributed by atoms with Crippen molar-refractivity contribution >= 4 is 16.9 Å². The van der Waals surface area contributed by atoms with Gasteiger partial charge in [0.25, 0.3) is 0 Å². The van der Waals surface area contributed by atoms with Crippen LogP contribution in [0.3, 0.4) is 0 Å². The molecular weight excluding hydrogens is 322 g/mol. The molecule has 0 unspecified atom stereocenters. The maximum Gasteiger partial charge on any atom is 0.226 e. The molecule has 1 fully saturated rings. The van der Waals surface area contributed by atoms with Crippen LogP contribution in [0.2, 0.25) is 0 Å². The van der Waals surface area contributed by atoms with Crippen molar-refractivity contribution in [2.24, 2.45) is 0 Å². The summed E-state index contributed by atoms with van der Waals surface area (Å²) in [6.07, 6.45) is 0. The summed E-state index contributed by atoms with van der Waals surface area (Å²) in [5, 5.41) is 4.03. The Morgan fingerprint density at radius 3 is 2.76 bits per heavy atom. The Bertz CT molecular complexity index is 928. The van der Waals surface area contributed by atoms with E-state index in [0.29, 0.717) is 17.0 Å². The number of halogens is 2. The highest BCUT2D eigenvalue weighted by atomic mass is 19.2. The number of anilines is 1. The fourth-order valence-corrected chi connectivity index (χ4v) is 3.22. The quantitative estimate of drug-likeness (QED) is 0.777. The molecule has 4 rings (SSSR count). The molecule has 2 aromatic carbocycles. The molecule has 0 saturated carbocycles. The second-order valence-corrected chi connectivity index (χ2v) is 6.24. The van der Waals surface area contributed by atoms with E-state index in [9.17, 15) is 8.78 Å². The van der Waals surface area contributed by atoms with Gasteiger partial charge in [0.05, 0.1) is 11.2 Å². The lowest BCUT2D eigenvalue weighted by molar-refractivity contribution is 0.493. The minimum Gasteiger partial charge on any atom is -0.336 e. The van der Waals surface area contributed by atoms with Crippen molar-refractivity contribution < 1.29 is 8.78 Å². The van der Waals surface area contributed by atoms with Crippen molar-refractivity contribution in [3.63, 3.8) is 0 Å². The topological polar surface area (TPSA) is 41.0 Å². The predicted octanol–water partition coefficient (Wildman–Crippen LogP) is 3.37. The number of fused-ring (bicyclic) bond motifs is 1. The molecular formula is C19H18F2N4. The molecule has 25 heavy (non-hydrogen) atoms. The molecule has 4 nitrogen and oxygen atoms in total. The average Bonchev–Trinajstić information content (AvgIpc) is 2.63. The summed E-state index contributed by atoms with van der Waals surface area (Å²) >= 11 is 0. The van der Waals surface area contributed by atoms with Gasteiger partial charge in [-0.1, -0.05) is 24.3 Å². The normalized spacial score (nSPS) is 17.9. The van der Waals surface area contributed by atoms with Gasteiger partial charge in [-0.25, -0.2) is 18.7 Å². The Hall–Kier alpha value is -2.60. The Kier molecular flexibility index (Phi) is 4.05. The van der Waals surface area contributed by atoms with Crippen LogP contribution in [0.1, 0.15) is 6.92 Å². The Labute approximate surface area is 144 Å². The van der Waals surface area contributed by atoms with Gasteiger partial charge in [-0.2, -0.15) is 0 Å². The summed E-state index contributed by atoms with van der Waals surface area (Å²) in [6.45, 7) is 4.53. The first-order chi connectivity index (χ1) is 12.1. The lowest BCUT2D eigenvalue weighted by atomic mass is 10.1. The minimum atomic E-state index is -0.884. The molecule has 0 bridgehead atoms. The minimum absolute atomic E-state index is 0.155. The number of aromatic nitrogens is 2. The van der Waals surface area contributed by atoms with E-state index >= 15 is 0 Å². The number of piperazine rings is 1. The highest BCUT2D eigenvalue weighted by Crippen LogP contribution is 2.31. The van der Waals surface area contributed by atoms with E-state index in [2.05, 4.69) is 27.1 Å². The molecule has 1 aromatic heterocycles. The van der Waals surface area contributed by atoms with E-state index in [1.807, 2.05) is 24.3 Å². The van der Waals surface area contributed by atoms with Crippen molar-refractivity contribution in [3.8, 4) is 11.3 Å². The zero-order chi connectivity index (χ0) is 17.4. The van der Waals surface area contributed by atoms with E-state index < -0.39 is 11.6 Å². The smallest absolute Gasteiger partial charge is 0.226 e. The van der Waals surface area contributed by atoms with E-state index in [1.54, 1.807) is 6.07 Å². The molecule has 0 spiro atoms. The number of hydrogen-bond acceptors (Lipinski definition) is 4. The first kappa shape index (κ1) is 15.9. The maximum atomic E-state index is 14.4. The van der Waals surface area contributed by atoms with Gasteiger partial charge in [-0.15, -0.1) is 0 Å². The molecule has 128 valence electrons. The maximum absolute atomic E-state index is 14.4. The number of hydrogen-bond donors (Lipinski definition) is 1. The fraction of sp³-hybridized carbons (Fsp3) is 0.263. The summed E-state index contributed by atoms with van der Waals surface area (Å²) in [4.78, 5) is 11.4. The molecule has 1 atom stereocenters. The first-order valence-electron chi connectivity index (χ1n) is 8.33. The standard InChI is InChI=1S/C19H18F2N4/c1-12-11-22-9-10-25(12)19-23-16-8-3-2-5-13(16)18(24-19)14-6-4-7-15(20)17(14)21/h2-8,12,22H,9-11H2,1H3/t12-/m1/s1. The van der Waals surface area contributed by atoms with E-state index in [1.165, 1.54) is 6.07 Å². The van der Waals surface area contributed by atoms with Gasteiger partial charge in [0.15, 0.2) is 11.6 Å². The van der Waals surface area contributed by atoms with Gasteiger partial charge < -0.3 is 10.2 Å². The summed E-state index contributed by atoms with van der Waals surface area (Å²) in [6, 6.07) is 11.8. The Balaban J connectivity index is 1.94. The van der Waals surface area contributed by atoms with Gasteiger partial charge in [0, 0.05) is 36.6 Å². The molecule has 1 aliphatic heterocycles. The van der Waals surface area contributed by atoms with Crippen molar-refractivity contribution in [2.45, 2.75) is 13.0 Å². The van der Waals surface area contributed by atoms with Crippen LogP contribution < -0.4 is 10.2 Å². The van der Waals surface area contributed by atoms with Crippen LogP contribution in [0.15, 0.2) is 42.5 Å². The van der Waals surface area contributed by atoms with Gasteiger partial charge in [-0.05, 0) is 25.1 Å². The second-order valence-electron chi connectivity index (χ2n) is 6.24. The summed E-state index contributed by atoms with van der Waals surface area (Å²) in [5.41, 5.74) is 1.29. The molecule has 1 saturated heterocycles. The molecule has 6 heteroatoms. The van der Waals surface area contributed by atoms with Crippen molar-refractivity contribution in [3.05, 3.63) is 54.1 Å². The summed E-state index contributed by atoms with van der Waals surface area (Å²) in [7, 11) is 0. The SMILES string of the molecule is C[C@@H]1CNCCN1c1nc(-c2cccc(F)c2F)c2ccccc2n1. The van der Waals surface area contributed by atoms with Gasteiger partial charge in [-0.3, -0.25) is 0 Å². The molecule has 0 amide bonds.